The molecular formula is C37H64N4. The summed E-state index contributed by atoms with van der Waals surface area (Å²) in [6.45, 7) is 23.0. The summed E-state index contributed by atoms with van der Waals surface area (Å²) in [7, 11) is 8.63. The Kier molecular flexibility index (Phi) is 20.1. The van der Waals surface area contributed by atoms with Gasteiger partial charge in [-0.15, -0.1) is 0 Å². The fraction of sp³-hybridized carbons (Fsp3) is 0.568. The third-order valence-electron chi connectivity index (χ3n) is 7.57. The van der Waals surface area contributed by atoms with Crippen molar-refractivity contribution in [2.75, 3.05) is 28.2 Å². The molecule has 1 heterocycles. The van der Waals surface area contributed by atoms with Gasteiger partial charge < -0.3 is 4.90 Å². The number of aryl methyl sites for hydroxylation is 3. The number of nitrogens with zero attached hydrogens (tertiary/aromatic N) is 3. The first-order chi connectivity index (χ1) is 19.7. The van der Waals surface area contributed by atoms with E-state index in [4.69, 9.17) is 0 Å². The molecule has 41 heavy (non-hydrogen) atoms. The molecule has 0 fully saturated rings. The van der Waals surface area contributed by atoms with Gasteiger partial charge in [-0.1, -0.05) is 116 Å². The lowest BCUT2D eigenvalue weighted by molar-refractivity contribution is -0.0122. The van der Waals surface area contributed by atoms with E-state index >= 15 is 0 Å². The van der Waals surface area contributed by atoms with Crippen LogP contribution in [0.5, 0.6) is 0 Å². The molecule has 0 spiro atoms. The number of rotatable bonds is 10. The molecule has 2 aromatic carbocycles. The second-order valence-corrected chi connectivity index (χ2v) is 10.6. The number of fused-ring (bicyclic) bond motifs is 1. The first kappa shape index (κ1) is 38.6. The molecule has 2 aromatic rings. The van der Waals surface area contributed by atoms with Crippen LogP contribution in [0.25, 0.3) is 0 Å². The summed E-state index contributed by atoms with van der Waals surface area (Å²) in [6.07, 6.45) is 10.2. The number of hydrazine groups is 1. The zero-order chi connectivity index (χ0) is 31.5. The van der Waals surface area contributed by atoms with Gasteiger partial charge in [-0.25, -0.2) is 10.4 Å². The molecule has 0 saturated carbocycles. The summed E-state index contributed by atoms with van der Waals surface area (Å²) >= 11 is 0. The molecule has 4 heteroatoms. The molecule has 232 valence electrons. The van der Waals surface area contributed by atoms with Crippen molar-refractivity contribution in [2.24, 2.45) is 0 Å². The lowest BCUT2D eigenvalue weighted by Crippen LogP contribution is -2.53. The fourth-order valence-corrected chi connectivity index (χ4v) is 5.34. The van der Waals surface area contributed by atoms with E-state index in [1.54, 1.807) is 0 Å². The summed E-state index contributed by atoms with van der Waals surface area (Å²) in [4.78, 5) is 4.73. The summed E-state index contributed by atoms with van der Waals surface area (Å²) in [5.74, 6) is 0. The van der Waals surface area contributed by atoms with E-state index in [0.29, 0.717) is 6.04 Å². The van der Waals surface area contributed by atoms with E-state index < -0.39 is 0 Å². The van der Waals surface area contributed by atoms with Crippen LogP contribution in [0.1, 0.15) is 114 Å². The fourth-order valence-electron chi connectivity index (χ4n) is 5.34. The van der Waals surface area contributed by atoms with Gasteiger partial charge in [0, 0.05) is 32.9 Å². The molecule has 0 saturated heterocycles. The van der Waals surface area contributed by atoms with E-state index in [2.05, 4.69) is 138 Å². The number of hydrogen-bond acceptors (Lipinski definition) is 4. The zero-order valence-electron chi connectivity index (χ0n) is 29.0. The zero-order valence-corrected chi connectivity index (χ0v) is 29.0. The molecule has 0 aliphatic carbocycles. The van der Waals surface area contributed by atoms with Gasteiger partial charge in [0.25, 0.3) is 0 Å². The van der Waals surface area contributed by atoms with Crippen molar-refractivity contribution in [2.45, 2.75) is 113 Å². The van der Waals surface area contributed by atoms with Gasteiger partial charge >= 0.3 is 0 Å². The van der Waals surface area contributed by atoms with Crippen LogP contribution in [0.2, 0.25) is 0 Å². The van der Waals surface area contributed by atoms with Crippen LogP contribution in [0.4, 0.5) is 0 Å². The number of likely N-dealkylation sites (N-methyl/N-ethyl adjacent to an activating group) is 1. The number of nitrogens with one attached hydrogen (secondary N) is 1. The maximum atomic E-state index is 3.91. The molecule has 0 bridgehead atoms. The number of hydrogen-bond donors (Lipinski definition) is 1. The molecule has 2 unspecified atom stereocenters. The van der Waals surface area contributed by atoms with Crippen molar-refractivity contribution < 1.29 is 0 Å². The largest absolute Gasteiger partial charge is 0.379 e. The average molecular weight is 565 g/mol. The van der Waals surface area contributed by atoms with Crippen molar-refractivity contribution in [3.05, 3.63) is 94.7 Å². The molecular weight excluding hydrogens is 500 g/mol. The Morgan fingerprint density at radius 2 is 1.46 bits per heavy atom. The van der Waals surface area contributed by atoms with Crippen molar-refractivity contribution in [3.8, 4) is 0 Å². The third-order valence-corrected chi connectivity index (χ3v) is 7.57. The van der Waals surface area contributed by atoms with Crippen LogP contribution in [-0.4, -0.2) is 49.0 Å². The van der Waals surface area contributed by atoms with Gasteiger partial charge in [-0.05, 0) is 74.1 Å². The standard InChI is InChI=1S/C23H38N4.C10H14.2C2H6/c1-8-13-18(14-9-2)26(6)23-20-17-12-11-16-19(20)22(24-27(23)7)21(15-10-3)25(4)5;1-4-10-6-5-8(2)9(3)7-10;2*1-2/h10-12,15-18,22-24H,3,8-9,13-14H2,1-2,4-7H3;5-7H,4H2,1-3H3;2*1-2H3/b21-15-;;;. The Labute approximate surface area is 255 Å². The molecule has 2 atom stereocenters. The van der Waals surface area contributed by atoms with E-state index in [0.717, 1.165) is 6.42 Å². The highest BCUT2D eigenvalue weighted by atomic mass is 15.6. The Morgan fingerprint density at radius 1 is 0.902 bits per heavy atom. The smallest absolute Gasteiger partial charge is 0.102 e. The third kappa shape index (κ3) is 11.4. The number of allylic oxidation sites excluding steroid dienone is 2. The minimum absolute atomic E-state index is 0.125. The van der Waals surface area contributed by atoms with E-state index in [1.165, 1.54) is 59.2 Å². The first-order valence-electron chi connectivity index (χ1n) is 16.1. The highest BCUT2D eigenvalue weighted by molar-refractivity contribution is 5.39. The quantitative estimate of drug-likeness (QED) is 0.290. The van der Waals surface area contributed by atoms with E-state index in [-0.39, 0.29) is 12.2 Å². The first-order valence-corrected chi connectivity index (χ1v) is 16.1. The van der Waals surface area contributed by atoms with Crippen LogP contribution < -0.4 is 5.43 Å². The van der Waals surface area contributed by atoms with Crippen LogP contribution in [0.3, 0.4) is 0 Å². The Balaban J connectivity index is 0.000000950. The lowest BCUT2D eigenvalue weighted by atomic mass is 9.92. The van der Waals surface area contributed by atoms with E-state index in [9.17, 15) is 0 Å². The van der Waals surface area contributed by atoms with Gasteiger partial charge in [0.05, 0.1) is 6.04 Å². The van der Waals surface area contributed by atoms with Crippen LogP contribution >= 0.6 is 0 Å². The van der Waals surface area contributed by atoms with Gasteiger partial charge in [0.15, 0.2) is 0 Å². The second kappa shape index (κ2) is 21.3. The van der Waals surface area contributed by atoms with Gasteiger partial charge in [0.1, 0.15) is 6.17 Å². The molecule has 4 nitrogen and oxygen atoms in total. The lowest BCUT2D eigenvalue weighted by Gasteiger charge is -2.47. The SMILES string of the molecule is C=C/C=C(/C1NN(C)C(N(C)C(CCC)CCC)c2ccccc21)N(C)C.CC.CC.CCc1ccc(C)c(C)c1. The highest BCUT2D eigenvalue weighted by Crippen LogP contribution is 2.39. The molecule has 0 aromatic heterocycles. The summed E-state index contributed by atoms with van der Waals surface area (Å²) in [5.41, 5.74) is 11.9. The predicted molar refractivity (Wildman–Crippen MR) is 184 cm³/mol. The Bertz CT molecular complexity index is 1000. The molecule has 0 amide bonds. The Hall–Kier alpha value is -2.40. The molecule has 1 aliphatic rings. The Morgan fingerprint density at radius 3 is 1.93 bits per heavy atom. The normalized spacial score (nSPS) is 16.4. The molecule has 1 aliphatic heterocycles. The van der Waals surface area contributed by atoms with Crippen molar-refractivity contribution in [1.82, 2.24) is 20.2 Å². The summed E-state index contributed by atoms with van der Waals surface area (Å²) in [5, 5.41) is 2.28. The van der Waals surface area contributed by atoms with Gasteiger partial charge in [-0.3, -0.25) is 4.90 Å². The van der Waals surface area contributed by atoms with Gasteiger partial charge in [-0.2, -0.15) is 0 Å². The van der Waals surface area contributed by atoms with Crippen molar-refractivity contribution >= 4 is 0 Å². The van der Waals surface area contributed by atoms with E-state index in [1.807, 2.05) is 33.8 Å². The van der Waals surface area contributed by atoms with Crippen LogP contribution in [-0.2, 0) is 6.42 Å². The monoisotopic (exact) mass is 565 g/mol. The van der Waals surface area contributed by atoms with Gasteiger partial charge in [0.2, 0.25) is 0 Å². The molecule has 1 N–H and O–H groups in total. The maximum absolute atomic E-state index is 3.91. The maximum Gasteiger partial charge on any atom is 0.102 e. The number of benzene rings is 2. The predicted octanol–water partition coefficient (Wildman–Crippen LogP) is 9.63. The molecule has 3 rings (SSSR count). The highest BCUT2D eigenvalue weighted by Gasteiger charge is 2.36. The van der Waals surface area contributed by atoms with Crippen LogP contribution in [0.15, 0.2) is 66.9 Å². The topological polar surface area (TPSA) is 21.8 Å². The second-order valence-electron chi connectivity index (χ2n) is 10.6. The summed E-state index contributed by atoms with van der Waals surface area (Å²) in [6, 6.07) is 16.2. The van der Waals surface area contributed by atoms with Crippen LogP contribution in [0, 0.1) is 13.8 Å². The average Bonchev–Trinajstić information content (AvgIpc) is 2.99. The summed E-state index contributed by atoms with van der Waals surface area (Å²) < 4.78 is 0. The minimum atomic E-state index is 0.125. The minimum Gasteiger partial charge on any atom is -0.379 e. The van der Waals surface area contributed by atoms with Crippen molar-refractivity contribution in [1.29, 1.82) is 0 Å². The molecule has 0 radical (unpaired) electrons. The van der Waals surface area contributed by atoms with Crippen molar-refractivity contribution in [3.63, 3.8) is 0 Å².